The molecule has 8 heteroatoms. The van der Waals surface area contributed by atoms with Gasteiger partial charge in [-0.3, -0.25) is 9.69 Å². The lowest BCUT2D eigenvalue weighted by atomic mass is 10.1. The van der Waals surface area contributed by atoms with Gasteiger partial charge >= 0.3 is 0 Å². The zero-order chi connectivity index (χ0) is 25.4. The van der Waals surface area contributed by atoms with Crippen LogP contribution < -0.4 is 0 Å². The molecule has 36 heavy (non-hydrogen) atoms. The molecule has 2 atom stereocenters. The number of morpholine rings is 2. The van der Waals surface area contributed by atoms with Gasteiger partial charge in [-0.2, -0.15) is 0 Å². The fraction of sp³-hybridized carbons (Fsp3) is 0.536. The fourth-order valence-electron chi connectivity index (χ4n) is 4.20. The van der Waals surface area contributed by atoms with Gasteiger partial charge in [0.25, 0.3) is 0 Å². The molecular weight excluding hydrogens is 460 g/mol. The highest BCUT2D eigenvalue weighted by Gasteiger charge is 2.28. The SMILES string of the molecule is C1CCOC1.O=C1COC[C@@H](CO)N1Cc1ccccc1.OC[C@@H]1COCCN1Cc1ccccc1. The van der Waals surface area contributed by atoms with Crippen LogP contribution in [0.25, 0.3) is 0 Å². The van der Waals surface area contributed by atoms with Crippen LogP contribution in [-0.4, -0.2) is 97.4 Å². The summed E-state index contributed by atoms with van der Waals surface area (Å²) in [6.45, 7) is 6.39. The van der Waals surface area contributed by atoms with E-state index in [4.69, 9.17) is 14.2 Å². The molecule has 0 radical (unpaired) electrons. The molecule has 0 aromatic heterocycles. The molecule has 3 heterocycles. The summed E-state index contributed by atoms with van der Waals surface area (Å²) in [6.07, 6.45) is 2.56. The van der Waals surface area contributed by atoms with Crippen LogP contribution in [0.5, 0.6) is 0 Å². The number of ether oxygens (including phenoxy) is 3. The summed E-state index contributed by atoms with van der Waals surface area (Å²) in [4.78, 5) is 15.6. The van der Waals surface area contributed by atoms with Crippen molar-refractivity contribution in [2.45, 2.75) is 38.0 Å². The van der Waals surface area contributed by atoms with Crippen LogP contribution in [0.15, 0.2) is 60.7 Å². The van der Waals surface area contributed by atoms with Crippen LogP contribution in [0.2, 0.25) is 0 Å². The van der Waals surface area contributed by atoms with Crippen LogP contribution in [0.1, 0.15) is 24.0 Å². The van der Waals surface area contributed by atoms with Crippen molar-refractivity contribution < 1.29 is 29.2 Å². The number of carbonyl (C=O) groups excluding carboxylic acids is 1. The monoisotopic (exact) mass is 500 g/mol. The zero-order valence-electron chi connectivity index (χ0n) is 21.0. The van der Waals surface area contributed by atoms with E-state index in [0.717, 1.165) is 38.5 Å². The van der Waals surface area contributed by atoms with Crippen molar-refractivity contribution in [3.05, 3.63) is 71.8 Å². The van der Waals surface area contributed by atoms with Crippen molar-refractivity contribution >= 4 is 5.91 Å². The third kappa shape index (κ3) is 9.61. The Morgan fingerprint density at radius 3 is 1.86 bits per heavy atom. The number of carbonyl (C=O) groups is 1. The van der Waals surface area contributed by atoms with Crippen LogP contribution in [0.3, 0.4) is 0 Å². The molecule has 1 amide bonds. The maximum atomic E-state index is 11.7. The van der Waals surface area contributed by atoms with E-state index >= 15 is 0 Å². The minimum atomic E-state index is -0.221. The Morgan fingerprint density at radius 2 is 1.31 bits per heavy atom. The van der Waals surface area contributed by atoms with E-state index in [1.807, 2.05) is 48.5 Å². The minimum Gasteiger partial charge on any atom is -0.395 e. The molecule has 5 rings (SSSR count). The van der Waals surface area contributed by atoms with E-state index in [-0.39, 0.29) is 37.8 Å². The van der Waals surface area contributed by atoms with E-state index < -0.39 is 0 Å². The van der Waals surface area contributed by atoms with E-state index in [0.29, 0.717) is 19.8 Å². The maximum absolute atomic E-state index is 11.7. The van der Waals surface area contributed by atoms with E-state index in [2.05, 4.69) is 17.0 Å². The summed E-state index contributed by atoms with van der Waals surface area (Å²) in [6, 6.07) is 20.0. The molecule has 0 aliphatic carbocycles. The Balaban J connectivity index is 0.000000168. The zero-order valence-corrected chi connectivity index (χ0v) is 21.0. The topological polar surface area (TPSA) is 91.7 Å². The molecule has 0 saturated carbocycles. The van der Waals surface area contributed by atoms with E-state index in [9.17, 15) is 15.0 Å². The highest BCUT2D eigenvalue weighted by Crippen LogP contribution is 2.13. The van der Waals surface area contributed by atoms with Gasteiger partial charge in [0.2, 0.25) is 5.91 Å². The molecule has 0 spiro atoms. The Bertz CT molecular complexity index is 842. The number of hydrogen-bond donors (Lipinski definition) is 2. The van der Waals surface area contributed by atoms with Gasteiger partial charge in [0.05, 0.1) is 45.1 Å². The van der Waals surface area contributed by atoms with Gasteiger partial charge < -0.3 is 29.3 Å². The molecule has 3 saturated heterocycles. The first kappa shape index (κ1) is 28.2. The predicted octanol–water partition coefficient (Wildman–Crippen LogP) is 2.08. The fourth-order valence-corrected chi connectivity index (χ4v) is 4.20. The first-order valence-electron chi connectivity index (χ1n) is 12.8. The van der Waals surface area contributed by atoms with Crippen molar-refractivity contribution in [3.8, 4) is 0 Å². The molecule has 3 aliphatic rings. The second-order valence-electron chi connectivity index (χ2n) is 9.05. The number of aliphatic hydroxyl groups excluding tert-OH is 2. The molecule has 3 fully saturated rings. The normalized spacial score (nSPS) is 22.3. The molecule has 198 valence electrons. The Hall–Kier alpha value is -2.33. The van der Waals surface area contributed by atoms with Crippen molar-refractivity contribution in [1.82, 2.24) is 9.80 Å². The van der Waals surface area contributed by atoms with Crippen LogP contribution in [-0.2, 0) is 32.1 Å². The average molecular weight is 501 g/mol. The Labute approximate surface area is 214 Å². The lowest BCUT2D eigenvalue weighted by Gasteiger charge is -2.34. The van der Waals surface area contributed by atoms with Gasteiger partial charge in [-0.1, -0.05) is 60.7 Å². The Morgan fingerprint density at radius 1 is 0.722 bits per heavy atom. The van der Waals surface area contributed by atoms with Crippen LogP contribution >= 0.6 is 0 Å². The quantitative estimate of drug-likeness (QED) is 0.628. The molecule has 8 nitrogen and oxygen atoms in total. The van der Waals surface area contributed by atoms with Gasteiger partial charge in [-0.15, -0.1) is 0 Å². The summed E-state index contributed by atoms with van der Waals surface area (Å²) in [5.74, 6) is -0.0610. The third-order valence-electron chi connectivity index (χ3n) is 6.32. The van der Waals surface area contributed by atoms with Crippen molar-refractivity contribution in [3.63, 3.8) is 0 Å². The Kier molecular flexibility index (Phi) is 12.9. The molecule has 2 aromatic rings. The highest BCUT2D eigenvalue weighted by atomic mass is 16.5. The number of rotatable bonds is 6. The average Bonchev–Trinajstić information content (AvgIpc) is 3.52. The first-order valence-corrected chi connectivity index (χ1v) is 12.8. The lowest BCUT2D eigenvalue weighted by molar-refractivity contribution is -0.151. The first-order chi connectivity index (χ1) is 17.7. The van der Waals surface area contributed by atoms with E-state index in [1.54, 1.807) is 4.90 Å². The predicted molar refractivity (Wildman–Crippen MR) is 137 cm³/mol. The number of benzene rings is 2. The van der Waals surface area contributed by atoms with Gasteiger partial charge in [0.1, 0.15) is 6.61 Å². The summed E-state index contributed by atoms with van der Waals surface area (Å²) >= 11 is 0. The number of aliphatic hydroxyl groups is 2. The lowest BCUT2D eigenvalue weighted by Crippen LogP contribution is -2.50. The second-order valence-corrected chi connectivity index (χ2v) is 9.05. The number of hydrogen-bond acceptors (Lipinski definition) is 7. The van der Waals surface area contributed by atoms with Gasteiger partial charge in [0.15, 0.2) is 0 Å². The van der Waals surface area contributed by atoms with Gasteiger partial charge in [0, 0.05) is 32.8 Å². The minimum absolute atomic E-state index is 0.0570. The largest absolute Gasteiger partial charge is 0.395 e. The molecule has 3 aliphatic heterocycles. The van der Waals surface area contributed by atoms with E-state index in [1.165, 1.54) is 18.4 Å². The molecule has 2 aromatic carbocycles. The van der Waals surface area contributed by atoms with Crippen molar-refractivity contribution in [2.24, 2.45) is 0 Å². The number of amides is 1. The second kappa shape index (κ2) is 16.4. The summed E-state index contributed by atoms with van der Waals surface area (Å²) in [5, 5.41) is 18.4. The third-order valence-corrected chi connectivity index (χ3v) is 6.32. The van der Waals surface area contributed by atoms with Gasteiger partial charge in [-0.25, -0.2) is 0 Å². The van der Waals surface area contributed by atoms with Crippen molar-refractivity contribution in [1.29, 1.82) is 0 Å². The van der Waals surface area contributed by atoms with Crippen LogP contribution in [0.4, 0.5) is 0 Å². The van der Waals surface area contributed by atoms with Crippen molar-refractivity contribution in [2.75, 3.05) is 59.4 Å². The molecular formula is C28H40N2O6. The smallest absolute Gasteiger partial charge is 0.249 e. The van der Waals surface area contributed by atoms with Crippen LogP contribution in [0, 0.1) is 0 Å². The number of nitrogens with zero attached hydrogens (tertiary/aromatic N) is 2. The standard InChI is InChI=1S/C12H15NO3.C12H17NO2.C4H8O/c14-7-11-8-16-9-12(15)13(11)6-10-4-2-1-3-5-10;14-9-12-10-15-7-6-13(12)8-11-4-2-1-3-5-11;1-2-4-5-3-1/h1-5,11,14H,6-9H2;1-5,12,14H,6-10H2;1-4H2/t11-;12-;/m11./s1. The van der Waals surface area contributed by atoms with Gasteiger partial charge in [-0.05, 0) is 24.0 Å². The molecule has 0 bridgehead atoms. The maximum Gasteiger partial charge on any atom is 0.249 e. The summed E-state index contributed by atoms with van der Waals surface area (Å²) in [7, 11) is 0. The highest BCUT2D eigenvalue weighted by molar-refractivity contribution is 5.78. The summed E-state index contributed by atoms with van der Waals surface area (Å²) in [5.41, 5.74) is 2.36. The molecule has 2 N–H and O–H groups in total. The molecule has 0 unspecified atom stereocenters. The summed E-state index contributed by atoms with van der Waals surface area (Å²) < 4.78 is 15.4.